The van der Waals surface area contributed by atoms with Crippen molar-refractivity contribution in [3.05, 3.63) is 51.7 Å². The number of nitrogens with one attached hydrogen (secondary N) is 1. The first-order valence-corrected chi connectivity index (χ1v) is 8.67. The van der Waals surface area contributed by atoms with E-state index in [1.807, 2.05) is 0 Å². The van der Waals surface area contributed by atoms with Crippen LogP contribution in [0.5, 0.6) is 0 Å². The minimum atomic E-state index is -0.678. The second kappa shape index (κ2) is 7.25. The van der Waals surface area contributed by atoms with Crippen molar-refractivity contribution in [2.45, 2.75) is 18.8 Å². The smallest absolute Gasteiger partial charge is 0.341 e. The van der Waals surface area contributed by atoms with Gasteiger partial charge in [-0.15, -0.1) is 11.3 Å². The average molecular weight is 377 g/mol. The van der Waals surface area contributed by atoms with Gasteiger partial charge in [-0.25, -0.2) is 9.18 Å². The summed E-state index contributed by atoms with van der Waals surface area (Å²) in [4.78, 5) is 37.6. The molecule has 3 rings (SSSR count). The van der Waals surface area contributed by atoms with Crippen molar-refractivity contribution in [2.24, 2.45) is 0 Å². The molecule has 1 aromatic carbocycles. The number of fused-ring (bicyclic) bond motifs is 1. The largest absolute Gasteiger partial charge is 0.469 e. The van der Waals surface area contributed by atoms with E-state index < -0.39 is 29.6 Å². The molecule has 0 spiro atoms. The summed E-state index contributed by atoms with van der Waals surface area (Å²) >= 11 is 1.19. The van der Waals surface area contributed by atoms with Crippen LogP contribution in [-0.2, 0) is 20.7 Å². The predicted octanol–water partition coefficient (Wildman–Crippen LogP) is 3.13. The molecule has 26 heavy (non-hydrogen) atoms. The molecular weight excluding hydrogens is 361 g/mol. The Morgan fingerprint density at radius 1 is 1.19 bits per heavy atom. The fourth-order valence-corrected chi connectivity index (χ4v) is 4.31. The summed E-state index contributed by atoms with van der Waals surface area (Å²) in [5, 5.41) is 2.82. The number of methoxy groups -OCH3 is 2. The Hall–Kier alpha value is -2.74. The highest BCUT2D eigenvalue weighted by atomic mass is 32.1. The quantitative estimate of drug-likeness (QED) is 0.828. The molecule has 0 radical (unpaired) electrons. The summed E-state index contributed by atoms with van der Waals surface area (Å²) in [6.45, 7) is 0. The fourth-order valence-electron chi connectivity index (χ4n) is 3.05. The van der Waals surface area contributed by atoms with Gasteiger partial charge in [-0.05, 0) is 30.5 Å². The van der Waals surface area contributed by atoms with Crippen LogP contribution >= 0.6 is 11.3 Å². The number of amides is 1. The molecular formula is C18H16FNO5S. The highest BCUT2D eigenvalue weighted by Crippen LogP contribution is 2.46. The number of ether oxygens (including phenoxy) is 2. The lowest BCUT2D eigenvalue weighted by Gasteiger charge is -2.12. The lowest BCUT2D eigenvalue weighted by atomic mass is 9.99. The maximum absolute atomic E-state index is 13.8. The normalized spacial score (nSPS) is 15.3. The highest BCUT2D eigenvalue weighted by molar-refractivity contribution is 7.17. The van der Waals surface area contributed by atoms with E-state index in [0.717, 1.165) is 4.88 Å². The fraction of sp³-hybridized carbons (Fsp3) is 0.278. The molecule has 8 heteroatoms. The van der Waals surface area contributed by atoms with Crippen LogP contribution in [0.4, 0.5) is 9.39 Å². The molecule has 0 unspecified atom stereocenters. The van der Waals surface area contributed by atoms with Gasteiger partial charge in [0.05, 0.1) is 31.3 Å². The third-order valence-electron chi connectivity index (χ3n) is 4.25. The molecule has 1 aromatic heterocycles. The maximum atomic E-state index is 13.8. The van der Waals surface area contributed by atoms with Gasteiger partial charge >= 0.3 is 11.9 Å². The van der Waals surface area contributed by atoms with E-state index in [1.165, 1.54) is 43.8 Å². The Balaban J connectivity index is 2.01. The number of thiophene rings is 1. The van der Waals surface area contributed by atoms with Crippen LogP contribution in [0, 0.1) is 5.82 Å². The zero-order valence-corrected chi connectivity index (χ0v) is 14.9. The molecule has 0 aliphatic heterocycles. The molecule has 2 aromatic rings. The highest BCUT2D eigenvalue weighted by Gasteiger charge is 2.38. The number of anilines is 1. The van der Waals surface area contributed by atoms with Crippen molar-refractivity contribution in [1.82, 2.24) is 0 Å². The molecule has 1 atom stereocenters. The van der Waals surface area contributed by atoms with E-state index in [2.05, 4.69) is 5.32 Å². The van der Waals surface area contributed by atoms with Gasteiger partial charge < -0.3 is 14.8 Å². The topological polar surface area (TPSA) is 81.7 Å². The number of carbonyl (C=O) groups excluding carboxylic acids is 3. The van der Waals surface area contributed by atoms with E-state index in [4.69, 9.17) is 9.47 Å². The van der Waals surface area contributed by atoms with Gasteiger partial charge in [-0.3, -0.25) is 9.59 Å². The Kier molecular flexibility index (Phi) is 5.03. The van der Waals surface area contributed by atoms with E-state index in [9.17, 15) is 18.8 Å². The Morgan fingerprint density at radius 3 is 2.58 bits per heavy atom. The van der Waals surface area contributed by atoms with Crippen molar-refractivity contribution in [3.63, 3.8) is 0 Å². The molecule has 136 valence electrons. The van der Waals surface area contributed by atoms with Gasteiger partial charge in [0.2, 0.25) is 0 Å². The van der Waals surface area contributed by atoms with Gasteiger partial charge in [-0.2, -0.15) is 0 Å². The molecule has 6 nitrogen and oxygen atoms in total. The number of benzene rings is 1. The second-order valence-electron chi connectivity index (χ2n) is 5.68. The van der Waals surface area contributed by atoms with Crippen LogP contribution in [0.25, 0.3) is 0 Å². The number of carbonyl (C=O) groups is 3. The molecule has 0 saturated heterocycles. The molecule has 1 amide bonds. The summed E-state index contributed by atoms with van der Waals surface area (Å²) in [6, 6.07) is 5.55. The standard InChI is InChI=1S/C18H16FNO5S/c1-24-17(22)10-7-8-12-13(10)14(18(23)25-2)16(26-12)20-15(21)9-5-3-4-6-11(9)19/h3-6,10H,7-8H2,1-2H3,(H,20,21)/t10-/m0/s1. The van der Waals surface area contributed by atoms with E-state index in [-0.39, 0.29) is 16.1 Å². The van der Waals surface area contributed by atoms with Crippen LogP contribution < -0.4 is 5.32 Å². The number of rotatable bonds is 4. The summed E-state index contributed by atoms with van der Waals surface area (Å²) in [6.07, 6.45) is 1.11. The first-order chi connectivity index (χ1) is 12.5. The number of aryl methyl sites for hydroxylation is 1. The minimum absolute atomic E-state index is 0.130. The van der Waals surface area contributed by atoms with Crippen LogP contribution in [0.2, 0.25) is 0 Å². The third kappa shape index (κ3) is 3.08. The summed E-state index contributed by atoms with van der Waals surface area (Å²) < 4.78 is 23.5. The van der Waals surface area contributed by atoms with Gasteiger partial charge in [0.15, 0.2) is 0 Å². The van der Waals surface area contributed by atoms with Gasteiger partial charge in [0.25, 0.3) is 5.91 Å². The van der Waals surface area contributed by atoms with Gasteiger partial charge in [-0.1, -0.05) is 12.1 Å². The summed E-state index contributed by atoms with van der Waals surface area (Å²) in [7, 11) is 2.50. The Labute approximate surface area is 152 Å². The third-order valence-corrected chi connectivity index (χ3v) is 5.43. The van der Waals surface area contributed by atoms with Crippen LogP contribution in [0.15, 0.2) is 24.3 Å². The van der Waals surface area contributed by atoms with Crippen molar-refractivity contribution in [3.8, 4) is 0 Å². The first-order valence-electron chi connectivity index (χ1n) is 7.85. The molecule has 1 N–H and O–H groups in total. The lowest BCUT2D eigenvalue weighted by Crippen LogP contribution is -2.18. The SMILES string of the molecule is COC(=O)c1c(NC(=O)c2ccccc2F)sc2c1[C@@H](C(=O)OC)CC2. The molecule has 0 fully saturated rings. The Bertz CT molecular complexity index is 892. The number of halogens is 1. The molecule has 0 saturated carbocycles. The predicted molar refractivity (Wildman–Crippen MR) is 93.1 cm³/mol. The monoisotopic (exact) mass is 377 g/mol. The molecule has 1 heterocycles. The van der Waals surface area contributed by atoms with Crippen molar-refractivity contribution >= 4 is 34.2 Å². The van der Waals surface area contributed by atoms with Crippen molar-refractivity contribution < 1.29 is 28.2 Å². The lowest BCUT2D eigenvalue weighted by molar-refractivity contribution is -0.142. The summed E-state index contributed by atoms with van der Waals surface area (Å²) in [5.41, 5.74) is 0.518. The number of esters is 2. The summed E-state index contributed by atoms with van der Waals surface area (Å²) in [5.74, 6) is -3.04. The van der Waals surface area contributed by atoms with Crippen LogP contribution in [0.1, 0.15) is 43.5 Å². The first kappa shape index (κ1) is 18.1. The molecule has 1 aliphatic rings. The molecule has 0 bridgehead atoms. The Morgan fingerprint density at radius 2 is 1.92 bits per heavy atom. The van der Waals surface area contributed by atoms with Crippen molar-refractivity contribution in [2.75, 3.05) is 19.5 Å². The second-order valence-corrected chi connectivity index (χ2v) is 6.79. The number of hydrogen-bond acceptors (Lipinski definition) is 6. The van der Waals surface area contributed by atoms with E-state index in [0.29, 0.717) is 18.4 Å². The minimum Gasteiger partial charge on any atom is -0.469 e. The van der Waals surface area contributed by atoms with Crippen molar-refractivity contribution in [1.29, 1.82) is 0 Å². The van der Waals surface area contributed by atoms with Gasteiger partial charge in [0, 0.05) is 4.88 Å². The molecule has 1 aliphatic carbocycles. The van der Waals surface area contributed by atoms with E-state index >= 15 is 0 Å². The van der Waals surface area contributed by atoms with Gasteiger partial charge in [0.1, 0.15) is 10.8 Å². The zero-order valence-electron chi connectivity index (χ0n) is 14.1. The number of hydrogen-bond donors (Lipinski definition) is 1. The van der Waals surface area contributed by atoms with E-state index in [1.54, 1.807) is 6.07 Å². The van der Waals surface area contributed by atoms with Crippen LogP contribution in [0.3, 0.4) is 0 Å². The van der Waals surface area contributed by atoms with Crippen LogP contribution in [-0.4, -0.2) is 32.1 Å². The zero-order chi connectivity index (χ0) is 18.8. The maximum Gasteiger partial charge on any atom is 0.341 e. The average Bonchev–Trinajstić information content (AvgIpc) is 3.19.